The van der Waals surface area contributed by atoms with Crippen LogP contribution in [0, 0.1) is 12.8 Å². The Morgan fingerprint density at radius 1 is 1.04 bits per heavy atom. The number of carbonyl (C=O) groups excluding carboxylic acids is 3. The molecule has 0 radical (unpaired) electrons. The Morgan fingerprint density at radius 2 is 1.78 bits per heavy atom. The first-order valence-corrected chi connectivity index (χ1v) is 17.3. The third-order valence-corrected chi connectivity index (χ3v) is 9.74. The molecule has 2 aromatic heterocycles. The molecule has 2 aliphatic rings. The van der Waals surface area contributed by atoms with Gasteiger partial charge in [0.2, 0.25) is 11.8 Å². The van der Waals surface area contributed by atoms with Crippen LogP contribution in [0.3, 0.4) is 0 Å². The van der Waals surface area contributed by atoms with E-state index in [9.17, 15) is 24.3 Å². The minimum atomic E-state index is -1.83. The largest absolute Gasteiger partial charge is 0.479 e. The summed E-state index contributed by atoms with van der Waals surface area (Å²) in [4.78, 5) is 69.2. The van der Waals surface area contributed by atoms with E-state index >= 15 is 0 Å². The fourth-order valence-electron chi connectivity index (χ4n) is 6.88. The summed E-state index contributed by atoms with van der Waals surface area (Å²) in [6.07, 6.45) is 8.79. The zero-order valence-corrected chi connectivity index (χ0v) is 28.6. The lowest BCUT2D eigenvalue weighted by atomic mass is 10.0. The zero-order chi connectivity index (χ0) is 36.1. The first-order chi connectivity index (χ1) is 24.7. The van der Waals surface area contributed by atoms with Gasteiger partial charge in [0.15, 0.2) is 5.54 Å². The molecule has 2 unspecified atom stereocenters. The van der Waals surface area contributed by atoms with Gasteiger partial charge < -0.3 is 20.5 Å². The number of rotatable bonds is 15. The number of ether oxygens (including phenoxy) is 1. The van der Waals surface area contributed by atoms with Crippen molar-refractivity contribution in [2.45, 2.75) is 75.6 Å². The standard InChI is InChI=1S/C39H42N6O6/c1-4-6-7-8-9-18-31(43-34(46)33-23-40-24(3)21-41-33)36(47)45(39(38(49)50)20-25(39)5-2)37(48)32-19-26(22-42-32)51-35-29-16-11-10-14-27(29)28-15-12-13-17-30(28)44-35/h4-5,10-17,21,23,25-26,31-32,42H,1-2,6-9,18-20,22H2,3H3,(H,43,46)(H,49,50)/t25?,26-,31+,32+,39?/m1/s1. The van der Waals surface area contributed by atoms with Crippen molar-refractivity contribution in [2.24, 2.45) is 5.92 Å². The Kier molecular flexibility index (Phi) is 10.5. The van der Waals surface area contributed by atoms with Crippen LogP contribution in [0.1, 0.15) is 61.1 Å². The van der Waals surface area contributed by atoms with E-state index in [1.807, 2.05) is 54.6 Å². The number of hydrogen-bond donors (Lipinski definition) is 3. The number of unbranched alkanes of at least 4 members (excludes halogenated alkanes) is 3. The van der Waals surface area contributed by atoms with E-state index in [0.29, 0.717) is 18.0 Å². The first kappa shape index (κ1) is 35.3. The number of benzene rings is 2. The second-order valence-electron chi connectivity index (χ2n) is 13.2. The third kappa shape index (κ3) is 7.23. The Labute approximate surface area is 296 Å². The average Bonchev–Trinajstić information content (AvgIpc) is 3.70. The van der Waals surface area contributed by atoms with Gasteiger partial charge in [-0.3, -0.25) is 24.3 Å². The third-order valence-electron chi connectivity index (χ3n) is 9.74. The van der Waals surface area contributed by atoms with Gasteiger partial charge in [0.1, 0.15) is 17.8 Å². The number of hydrogen-bond acceptors (Lipinski definition) is 9. The predicted octanol–water partition coefficient (Wildman–Crippen LogP) is 4.92. The van der Waals surface area contributed by atoms with E-state index in [1.54, 1.807) is 6.92 Å². The van der Waals surface area contributed by atoms with E-state index < -0.39 is 53.3 Å². The van der Waals surface area contributed by atoms with Crippen LogP contribution < -0.4 is 15.4 Å². The van der Waals surface area contributed by atoms with Crippen LogP contribution in [0.4, 0.5) is 0 Å². The van der Waals surface area contributed by atoms with E-state index in [-0.39, 0.29) is 31.5 Å². The fraction of sp³-hybridized carbons (Fsp3) is 0.359. The number of carboxylic acids is 1. The molecule has 2 fully saturated rings. The highest BCUT2D eigenvalue weighted by Gasteiger charge is 2.67. The normalized spacial score (nSPS) is 21.5. The summed E-state index contributed by atoms with van der Waals surface area (Å²) >= 11 is 0. The molecule has 1 saturated heterocycles. The maximum atomic E-state index is 14.5. The quantitative estimate of drug-likeness (QED) is 0.0887. The molecule has 3 N–H and O–H groups in total. The van der Waals surface area contributed by atoms with Gasteiger partial charge in [-0.2, -0.15) is 0 Å². The molecule has 264 valence electrons. The molecule has 51 heavy (non-hydrogen) atoms. The number of amides is 3. The number of nitrogens with one attached hydrogen (secondary N) is 2. The second kappa shape index (κ2) is 15.2. The zero-order valence-electron chi connectivity index (χ0n) is 28.6. The summed E-state index contributed by atoms with van der Waals surface area (Å²) in [6.45, 7) is 9.52. The molecule has 5 atom stereocenters. The van der Waals surface area contributed by atoms with Crippen LogP contribution >= 0.6 is 0 Å². The van der Waals surface area contributed by atoms with Gasteiger partial charge in [0.05, 0.1) is 23.4 Å². The van der Waals surface area contributed by atoms with Crippen molar-refractivity contribution >= 4 is 45.4 Å². The van der Waals surface area contributed by atoms with E-state index in [2.05, 4.69) is 33.8 Å². The monoisotopic (exact) mass is 690 g/mol. The second-order valence-corrected chi connectivity index (χ2v) is 13.2. The number of aliphatic carboxylic acids is 1. The van der Waals surface area contributed by atoms with Crippen LogP contribution in [-0.2, 0) is 14.4 Å². The summed E-state index contributed by atoms with van der Waals surface area (Å²) in [6, 6.07) is 13.4. The lowest BCUT2D eigenvalue weighted by molar-refractivity contribution is -0.162. The molecule has 4 aromatic rings. The van der Waals surface area contributed by atoms with Gasteiger partial charge in [0.25, 0.3) is 11.8 Å². The molecule has 12 nitrogen and oxygen atoms in total. The Balaban J connectivity index is 1.27. The molecule has 0 bridgehead atoms. The number of carboxylic acid groups (broad SMARTS) is 1. The highest BCUT2D eigenvalue weighted by Crippen LogP contribution is 2.50. The van der Waals surface area contributed by atoms with E-state index in [1.165, 1.54) is 18.5 Å². The number of pyridine rings is 1. The summed E-state index contributed by atoms with van der Waals surface area (Å²) < 4.78 is 6.41. The van der Waals surface area contributed by atoms with Crippen LogP contribution in [0.2, 0.25) is 0 Å². The van der Waals surface area contributed by atoms with Gasteiger partial charge in [-0.15, -0.1) is 13.2 Å². The maximum absolute atomic E-state index is 14.5. The molecule has 12 heteroatoms. The number of para-hydroxylation sites is 1. The van der Waals surface area contributed by atoms with Crippen LogP contribution in [0.25, 0.3) is 21.7 Å². The number of aryl methyl sites for hydroxylation is 1. The van der Waals surface area contributed by atoms with Gasteiger partial charge >= 0.3 is 5.97 Å². The molecule has 3 amide bonds. The fourth-order valence-corrected chi connectivity index (χ4v) is 6.88. The van der Waals surface area contributed by atoms with E-state index in [0.717, 1.165) is 45.8 Å². The van der Waals surface area contributed by atoms with Crippen LogP contribution in [0.5, 0.6) is 5.88 Å². The predicted molar refractivity (Wildman–Crippen MR) is 192 cm³/mol. The summed E-state index contributed by atoms with van der Waals surface area (Å²) in [5.41, 5.74) is -0.453. The first-order valence-electron chi connectivity index (χ1n) is 17.3. The van der Waals surface area contributed by atoms with Gasteiger partial charge in [0, 0.05) is 35.9 Å². The minimum Gasteiger partial charge on any atom is -0.479 e. The van der Waals surface area contributed by atoms with Crippen molar-refractivity contribution in [1.82, 2.24) is 30.5 Å². The Morgan fingerprint density at radius 3 is 2.47 bits per heavy atom. The lowest BCUT2D eigenvalue weighted by Gasteiger charge is -2.33. The Bertz CT molecular complexity index is 1980. The van der Waals surface area contributed by atoms with Crippen LogP contribution in [-0.4, -0.2) is 78.9 Å². The Hall–Kier alpha value is -5.49. The summed E-state index contributed by atoms with van der Waals surface area (Å²) in [5, 5.41) is 19.2. The molecule has 1 aliphatic heterocycles. The highest BCUT2D eigenvalue weighted by molar-refractivity contribution is 6.09. The molecular weight excluding hydrogens is 648 g/mol. The number of nitrogens with zero attached hydrogens (tertiary/aromatic N) is 4. The van der Waals surface area contributed by atoms with Gasteiger partial charge in [-0.25, -0.2) is 14.8 Å². The molecular formula is C39H42N6O6. The minimum absolute atomic E-state index is 0.00135. The van der Waals surface area contributed by atoms with E-state index in [4.69, 9.17) is 9.72 Å². The SMILES string of the molecule is C=CCCCCC[C@H](NC(=O)c1cnc(C)cn1)C(=O)N(C(=O)[C@@H]1C[C@@H](Oc2nc3ccccc3c3ccccc23)CN1)C1(C(=O)O)CC1C=C. The summed E-state index contributed by atoms with van der Waals surface area (Å²) in [7, 11) is 0. The van der Waals surface area contributed by atoms with Crippen molar-refractivity contribution in [2.75, 3.05) is 6.54 Å². The topological polar surface area (TPSA) is 164 Å². The van der Waals surface area contributed by atoms with Crippen molar-refractivity contribution < 1.29 is 29.0 Å². The highest BCUT2D eigenvalue weighted by atomic mass is 16.5. The number of aromatic nitrogens is 3. The van der Waals surface area contributed by atoms with Crippen LogP contribution in [0.15, 0.2) is 86.2 Å². The number of fused-ring (bicyclic) bond motifs is 3. The number of carbonyl (C=O) groups is 4. The van der Waals surface area contributed by atoms with Crippen molar-refractivity contribution in [3.05, 3.63) is 97.6 Å². The van der Waals surface area contributed by atoms with Gasteiger partial charge in [-0.1, -0.05) is 61.4 Å². The molecule has 3 heterocycles. The molecule has 6 rings (SSSR count). The van der Waals surface area contributed by atoms with Gasteiger partial charge in [-0.05, 0) is 50.1 Å². The average molecular weight is 691 g/mol. The maximum Gasteiger partial charge on any atom is 0.330 e. The smallest absolute Gasteiger partial charge is 0.330 e. The number of imide groups is 1. The van der Waals surface area contributed by atoms with Crippen molar-refractivity contribution in [3.8, 4) is 5.88 Å². The molecule has 2 aromatic carbocycles. The lowest BCUT2D eigenvalue weighted by Crippen LogP contribution is -2.61. The van der Waals surface area contributed by atoms with Crippen molar-refractivity contribution in [3.63, 3.8) is 0 Å². The molecule has 1 aliphatic carbocycles. The summed E-state index contributed by atoms with van der Waals surface area (Å²) in [5.74, 6) is -3.69. The van der Waals surface area contributed by atoms with Crippen molar-refractivity contribution in [1.29, 1.82) is 0 Å². The molecule has 0 spiro atoms. The molecule has 1 saturated carbocycles. The number of allylic oxidation sites excluding steroid dienone is 1.